The lowest BCUT2D eigenvalue weighted by Gasteiger charge is -2.42. The molecule has 160 valence electrons. The summed E-state index contributed by atoms with van der Waals surface area (Å²) in [5.41, 5.74) is 7.11. The molecule has 1 aliphatic rings. The largest absolute Gasteiger partial charge is 0.493 e. The maximum absolute atomic E-state index is 12.8. The summed E-state index contributed by atoms with van der Waals surface area (Å²) in [5, 5.41) is 3.80. The van der Waals surface area contributed by atoms with E-state index in [2.05, 4.69) is 5.32 Å². The fourth-order valence-corrected chi connectivity index (χ4v) is 3.96. The van der Waals surface area contributed by atoms with E-state index in [4.69, 9.17) is 22.1 Å². The Morgan fingerprint density at radius 2 is 1.87 bits per heavy atom. The van der Waals surface area contributed by atoms with Crippen LogP contribution in [-0.2, 0) is 9.59 Å². The van der Waals surface area contributed by atoms with E-state index in [0.29, 0.717) is 30.5 Å². The Bertz CT molecular complexity index is 870. The number of carbonyl (C=O) groups is 2. The molecular formula is C23H28ClN3O3. The molecule has 0 radical (unpaired) electrons. The van der Waals surface area contributed by atoms with E-state index in [1.54, 1.807) is 29.2 Å². The minimum Gasteiger partial charge on any atom is -0.493 e. The van der Waals surface area contributed by atoms with Gasteiger partial charge in [-0.1, -0.05) is 29.3 Å². The first kappa shape index (κ1) is 22.0. The molecule has 30 heavy (non-hydrogen) atoms. The highest BCUT2D eigenvalue weighted by Crippen LogP contribution is 2.34. The van der Waals surface area contributed by atoms with Crippen LogP contribution >= 0.6 is 11.6 Å². The molecule has 2 aromatic rings. The Morgan fingerprint density at radius 3 is 2.53 bits per heavy atom. The third kappa shape index (κ3) is 6.13. The summed E-state index contributed by atoms with van der Waals surface area (Å²) in [5.74, 6) is 0.283. The van der Waals surface area contributed by atoms with E-state index < -0.39 is 5.41 Å². The van der Waals surface area contributed by atoms with Gasteiger partial charge in [0, 0.05) is 35.6 Å². The number of hydrogen-bond donors (Lipinski definition) is 2. The third-order valence-electron chi connectivity index (χ3n) is 5.42. The van der Waals surface area contributed by atoms with Gasteiger partial charge in [0.2, 0.25) is 11.8 Å². The second-order valence-electron chi connectivity index (χ2n) is 8.02. The number of nitrogens with two attached hydrogens (primary N) is 1. The number of amides is 2. The van der Waals surface area contributed by atoms with Crippen LogP contribution in [-0.4, -0.2) is 43.0 Å². The fraction of sp³-hybridized carbons (Fsp3) is 0.391. The Labute approximate surface area is 182 Å². The van der Waals surface area contributed by atoms with Gasteiger partial charge in [-0.15, -0.1) is 0 Å². The van der Waals surface area contributed by atoms with Gasteiger partial charge in [-0.05, 0) is 56.2 Å². The second-order valence-corrected chi connectivity index (χ2v) is 8.46. The van der Waals surface area contributed by atoms with Gasteiger partial charge in [0.1, 0.15) is 5.75 Å². The zero-order chi connectivity index (χ0) is 21.6. The van der Waals surface area contributed by atoms with Gasteiger partial charge >= 0.3 is 0 Å². The minimum absolute atomic E-state index is 0.00406. The molecule has 0 aromatic heterocycles. The van der Waals surface area contributed by atoms with Crippen molar-refractivity contribution in [2.24, 2.45) is 11.1 Å². The highest BCUT2D eigenvalue weighted by atomic mass is 35.5. The lowest BCUT2D eigenvalue weighted by molar-refractivity contribution is -0.135. The molecule has 0 bridgehead atoms. The van der Waals surface area contributed by atoms with Gasteiger partial charge < -0.3 is 20.7 Å². The third-order valence-corrected chi connectivity index (χ3v) is 5.67. The first-order valence-corrected chi connectivity index (χ1v) is 10.5. The van der Waals surface area contributed by atoms with Gasteiger partial charge in [0.05, 0.1) is 13.2 Å². The first-order valence-electron chi connectivity index (χ1n) is 10.1. The van der Waals surface area contributed by atoms with Crippen molar-refractivity contribution in [1.29, 1.82) is 0 Å². The van der Waals surface area contributed by atoms with E-state index in [9.17, 15) is 9.59 Å². The van der Waals surface area contributed by atoms with Crippen LogP contribution in [0.25, 0.3) is 0 Å². The number of ether oxygens (including phenoxy) is 1. The van der Waals surface area contributed by atoms with Crippen LogP contribution in [0.4, 0.5) is 5.69 Å². The van der Waals surface area contributed by atoms with E-state index in [1.165, 1.54) is 5.56 Å². The van der Waals surface area contributed by atoms with Crippen molar-refractivity contribution in [2.75, 3.05) is 31.6 Å². The lowest BCUT2D eigenvalue weighted by Crippen LogP contribution is -2.51. The van der Waals surface area contributed by atoms with Crippen molar-refractivity contribution in [2.45, 2.75) is 26.2 Å². The quantitative estimate of drug-likeness (QED) is 0.671. The maximum atomic E-state index is 12.8. The van der Waals surface area contributed by atoms with Crippen LogP contribution in [0, 0.1) is 12.3 Å². The molecule has 1 heterocycles. The molecule has 2 amide bonds. The summed E-state index contributed by atoms with van der Waals surface area (Å²) >= 11 is 5.93. The molecule has 3 N–H and O–H groups in total. The monoisotopic (exact) mass is 429 g/mol. The standard InChI is InChI=1S/C23H28ClN3O3/c1-17-3-7-19(8-4-17)26-14-22(29)27-12-2-11-23(15-27,13-21(25)28)16-30-20-9-5-18(24)6-10-20/h3-10,26H,2,11-16H2,1H3,(H2,25,28). The number of rotatable bonds is 8. The molecular weight excluding hydrogens is 402 g/mol. The molecule has 7 heteroatoms. The van der Waals surface area contributed by atoms with E-state index >= 15 is 0 Å². The number of benzene rings is 2. The number of nitrogens with one attached hydrogen (secondary N) is 1. The molecule has 1 atom stereocenters. The van der Waals surface area contributed by atoms with Crippen molar-refractivity contribution >= 4 is 29.1 Å². The zero-order valence-corrected chi connectivity index (χ0v) is 18.0. The number of halogens is 1. The highest BCUT2D eigenvalue weighted by molar-refractivity contribution is 6.30. The smallest absolute Gasteiger partial charge is 0.241 e. The second kappa shape index (κ2) is 9.85. The molecule has 2 aromatic carbocycles. The summed E-state index contributed by atoms with van der Waals surface area (Å²) in [6.45, 7) is 3.64. The average molecular weight is 430 g/mol. The predicted molar refractivity (Wildman–Crippen MR) is 119 cm³/mol. The summed E-state index contributed by atoms with van der Waals surface area (Å²) < 4.78 is 5.95. The first-order chi connectivity index (χ1) is 14.3. The molecule has 1 saturated heterocycles. The number of hydrogen-bond acceptors (Lipinski definition) is 4. The number of aryl methyl sites for hydroxylation is 1. The Kier molecular flexibility index (Phi) is 7.21. The number of carbonyl (C=O) groups excluding carboxylic acids is 2. The van der Waals surface area contributed by atoms with Gasteiger partial charge in [-0.25, -0.2) is 0 Å². The van der Waals surface area contributed by atoms with Crippen molar-refractivity contribution in [3.05, 3.63) is 59.1 Å². The highest BCUT2D eigenvalue weighted by Gasteiger charge is 2.39. The van der Waals surface area contributed by atoms with Crippen LogP contribution < -0.4 is 15.8 Å². The van der Waals surface area contributed by atoms with Crippen LogP contribution in [0.15, 0.2) is 48.5 Å². The van der Waals surface area contributed by atoms with Crippen LogP contribution in [0.5, 0.6) is 5.75 Å². The topological polar surface area (TPSA) is 84.7 Å². The number of nitrogens with zero attached hydrogens (tertiary/aromatic N) is 1. The number of primary amides is 1. The van der Waals surface area contributed by atoms with Crippen molar-refractivity contribution in [3.8, 4) is 5.75 Å². The Balaban J connectivity index is 1.63. The summed E-state index contributed by atoms with van der Waals surface area (Å²) in [4.78, 5) is 26.4. The molecule has 1 fully saturated rings. The molecule has 3 rings (SSSR count). The molecule has 6 nitrogen and oxygen atoms in total. The van der Waals surface area contributed by atoms with Gasteiger partial charge in [0.15, 0.2) is 0 Å². The van der Waals surface area contributed by atoms with E-state index in [1.807, 2.05) is 31.2 Å². The van der Waals surface area contributed by atoms with Crippen molar-refractivity contribution in [1.82, 2.24) is 4.90 Å². The zero-order valence-electron chi connectivity index (χ0n) is 17.2. The van der Waals surface area contributed by atoms with Gasteiger partial charge in [-0.3, -0.25) is 9.59 Å². The van der Waals surface area contributed by atoms with E-state index in [-0.39, 0.29) is 24.8 Å². The van der Waals surface area contributed by atoms with Crippen molar-refractivity contribution < 1.29 is 14.3 Å². The molecule has 0 spiro atoms. The Hall–Kier alpha value is -2.73. The van der Waals surface area contributed by atoms with Crippen LogP contribution in [0.3, 0.4) is 0 Å². The van der Waals surface area contributed by atoms with Crippen LogP contribution in [0.2, 0.25) is 5.02 Å². The fourth-order valence-electron chi connectivity index (χ4n) is 3.83. The van der Waals surface area contributed by atoms with E-state index in [0.717, 1.165) is 18.5 Å². The predicted octanol–water partition coefficient (Wildman–Crippen LogP) is 3.62. The summed E-state index contributed by atoms with van der Waals surface area (Å²) in [6, 6.07) is 15.0. The SMILES string of the molecule is Cc1ccc(NCC(=O)N2CCCC(COc3ccc(Cl)cc3)(CC(N)=O)C2)cc1. The normalized spacial score (nSPS) is 18.7. The summed E-state index contributed by atoms with van der Waals surface area (Å²) in [6.07, 6.45) is 1.75. The van der Waals surface area contributed by atoms with Crippen LogP contribution in [0.1, 0.15) is 24.8 Å². The molecule has 1 unspecified atom stereocenters. The van der Waals surface area contributed by atoms with Gasteiger partial charge in [-0.2, -0.15) is 0 Å². The maximum Gasteiger partial charge on any atom is 0.241 e. The minimum atomic E-state index is -0.497. The molecule has 0 saturated carbocycles. The summed E-state index contributed by atoms with van der Waals surface area (Å²) in [7, 11) is 0. The van der Waals surface area contributed by atoms with Gasteiger partial charge in [0.25, 0.3) is 0 Å². The number of anilines is 1. The Morgan fingerprint density at radius 1 is 1.17 bits per heavy atom. The molecule has 0 aliphatic carbocycles. The average Bonchev–Trinajstić information content (AvgIpc) is 2.72. The molecule has 1 aliphatic heterocycles. The number of piperidine rings is 1. The lowest BCUT2D eigenvalue weighted by atomic mass is 9.77. The number of likely N-dealkylation sites (tertiary alicyclic amines) is 1. The van der Waals surface area contributed by atoms with Crippen molar-refractivity contribution in [3.63, 3.8) is 0 Å².